The maximum Gasteiger partial charge on any atom is 0.267 e. The normalized spacial score (nSPS) is 12.7. The Morgan fingerprint density at radius 3 is 2.64 bits per heavy atom. The van der Waals surface area contributed by atoms with Gasteiger partial charge in [-0.3, -0.25) is 10.0 Å². The van der Waals surface area contributed by atoms with Gasteiger partial charge < -0.3 is 14.9 Å². The summed E-state index contributed by atoms with van der Waals surface area (Å²) in [5.41, 5.74) is 2.28. The van der Waals surface area contributed by atoms with E-state index in [1.165, 1.54) is 17.6 Å². The van der Waals surface area contributed by atoms with Crippen molar-refractivity contribution in [3.05, 3.63) is 54.1 Å². The van der Waals surface area contributed by atoms with Crippen LogP contribution in [-0.2, 0) is 4.79 Å². The highest BCUT2D eigenvalue weighted by Crippen LogP contribution is 2.21. The molecule has 4 N–H and O–H groups in total. The van der Waals surface area contributed by atoms with Gasteiger partial charge in [0.25, 0.3) is 5.91 Å². The van der Waals surface area contributed by atoms with Crippen LogP contribution in [-0.4, -0.2) is 34.5 Å². The van der Waals surface area contributed by atoms with Crippen molar-refractivity contribution in [2.75, 3.05) is 13.2 Å². The number of amides is 1. The molecule has 1 rings (SSSR count). The third kappa shape index (κ3) is 7.03. The number of allylic oxidation sites excluding steroid dienone is 3. The first-order valence-electron chi connectivity index (χ1n) is 6.96. The molecule has 1 aromatic carbocycles. The number of aliphatic hydroxyl groups excluding tert-OH is 2. The van der Waals surface area contributed by atoms with Gasteiger partial charge in [0.05, 0.1) is 12.7 Å². The van der Waals surface area contributed by atoms with Crippen LogP contribution in [0.5, 0.6) is 5.75 Å². The molecule has 0 saturated heterocycles. The fourth-order valence-electron chi connectivity index (χ4n) is 1.73. The second-order valence-corrected chi connectivity index (χ2v) is 4.50. The first kappa shape index (κ1) is 17.9. The second-order valence-electron chi connectivity index (χ2n) is 4.50. The van der Waals surface area contributed by atoms with Gasteiger partial charge in [0.15, 0.2) is 0 Å². The maximum absolute atomic E-state index is 10.7. The zero-order valence-corrected chi connectivity index (χ0v) is 12.2. The minimum atomic E-state index is -0.590. The number of carbonyl (C=O) groups excluding carboxylic acids is 1. The summed E-state index contributed by atoms with van der Waals surface area (Å²) in [6.07, 6.45) is 6.81. The van der Waals surface area contributed by atoms with Gasteiger partial charge >= 0.3 is 0 Å². The summed E-state index contributed by atoms with van der Waals surface area (Å²) in [6.45, 7) is 0.208. The molecule has 1 aromatic rings. The van der Waals surface area contributed by atoms with Crippen LogP contribution in [0.25, 0.3) is 0 Å². The summed E-state index contributed by atoms with van der Waals surface area (Å²) < 4.78 is 5.24. The topological polar surface area (TPSA) is 99.0 Å². The minimum Gasteiger partial charge on any atom is -0.491 e. The molecule has 1 atom stereocenters. The SMILES string of the molecule is O=C(/C=C/C=C/CC[C@H](O)c1ccc(OCCO)cc1)NO. The lowest BCUT2D eigenvalue weighted by molar-refractivity contribution is -0.124. The Morgan fingerprint density at radius 1 is 1.27 bits per heavy atom. The molecule has 0 saturated carbocycles. The lowest BCUT2D eigenvalue weighted by atomic mass is 10.0. The minimum absolute atomic E-state index is 0.0366. The van der Waals surface area contributed by atoms with E-state index in [0.29, 0.717) is 18.6 Å². The van der Waals surface area contributed by atoms with Crippen LogP contribution >= 0.6 is 0 Å². The Kier molecular flexibility index (Phi) is 8.59. The number of aliphatic hydroxyl groups is 2. The maximum atomic E-state index is 10.7. The van der Waals surface area contributed by atoms with Gasteiger partial charge in [0, 0.05) is 6.08 Å². The second kappa shape index (κ2) is 10.6. The molecular formula is C16H21NO5. The molecule has 0 aliphatic carbocycles. The van der Waals surface area contributed by atoms with Crippen LogP contribution in [0.3, 0.4) is 0 Å². The summed E-state index contributed by atoms with van der Waals surface area (Å²) in [4.78, 5) is 10.7. The monoisotopic (exact) mass is 307 g/mol. The van der Waals surface area contributed by atoms with Crippen LogP contribution < -0.4 is 10.2 Å². The van der Waals surface area contributed by atoms with Gasteiger partial charge in [-0.2, -0.15) is 0 Å². The number of ether oxygens (including phenoxy) is 1. The van der Waals surface area contributed by atoms with Gasteiger partial charge in [-0.15, -0.1) is 0 Å². The van der Waals surface area contributed by atoms with Crippen molar-refractivity contribution in [2.24, 2.45) is 0 Å². The van der Waals surface area contributed by atoms with Crippen LogP contribution in [0.2, 0.25) is 0 Å². The standard InChI is InChI=1S/C16H21NO5/c18-11-12-22-14-9-7-13(8-10-14)15(19)5-3-1-2-4-6-16(20)17-21/h1-2,4,6-10,15,18-19,21H,3,5,11-12H2,(H,17,20)/b2-1+,6-4+/t15-/m0/s1. The van der Waals surface area contributed by atoms with Crippen molar-refractivity contribution in [2.45, 2.75) is 18.9 Å². The molecule has 1 amide bonds. The molecule has 120 valence electrons. The molecule has 0 unspecified atom stereocenters. The van der Waals surface area contributed by atoms with Crippen molar-refractivity contribution in [3.63, 3.8) is 0 Å². The molecule has 6 heteroatoms. The zero-order chi connectivity index (χ0) is 16.2. The highest BCUT2D eigenvalue weighted by molar-refractivity contribution is 5.86. The molecule has 0 radical (unpaired) electrons. The van der Waals surface area contributed by atoms with Gasteiger partial charge in [0.2, 0.25) is 0 Å². The third-order valence-corrected chi connectivity index (χ3v) is 2.84. The number of hydrogen-bond acceptors (Lipinski definition) is 5. The van der Waals surface area contributed by atoms with Crippen molar-refractivity contribution in [3.8, 4) is 5.75 Å². The van der Waals surface area contributed by atoms with E-state index in [2.05, 4.69) is 0 Å². The summed E-state index contributed by atoms with van der Waals surface area (Å²) in [5.74, 6) is 0.0605. The van der Waals surface area contributed by atoms with E-state index >= 15 is 0 Å². The predicted molar refractivity (Wildman–Crippen MR) is 81.4 cm³/mol. The molecule has 0 heterocycles. The number of carbonyl (C=O) groups is 1. The number of hydrogen-bond donors (Lipinski definition) is 4. The molecule has 6 nitrogen and oxygen atoms in total. The lowest BCUT2D eigenvalue weighted by Gasteiger charge is -2.10. The van der Waals surface area contributed by atoms with Crippen molar-refractivity contribution < 1.29 is 25.0 Å². The first-order chi connectivity index (χ1) is 10.7. The Balaban J connectivity index is 2.35. The fraction of sp³-hybridized carbons (Fsp3) is 0.312. The summed E-state index contributed by atoms with van der Waals surface area (Å²) in [5, 5.41) is 27.0. The van der Waals surface area contributed by atoms with Gasteiger partial charge in [0.1, 0.15) is 12.4 Å². The quantitative estimate of drug-likeness (QED) is 0.240. The van der Waals surface area contributed by atoms with E-state index in [4.69, 9.17) is 15.1 Å². The summed E-state index contributed by atoms with van der Waals surface area (Å²) >= 11 is 0. The average Bonchev–Trinajstić information content (AvgIpc) is 2.56. The van der Waals surface area contributed by atoms with E-state index in [1.807, 2.05) is 6.08 Å². The number of nitrogens with one attached hydrogen (secondary N) is 1. The van der Waals surface area contributed by atoms with Crippen LogP contribution in [0.1, 0.15) is 24.5 Å². The lowest BCUT2D eigenvalue weighted by Crippen LogP contribution is -2.14. The van der Waals surface area contributed by atoms with E-state index in [1.54, 1.807) is 30.3 Å². The third-order valence-electron chi connectivity index (χ3n) is 2.84. The number of rotatable bonds is 9. The molecule has 0 bridgehead atoms. The van der Waals surface area contributed by atoms with Crippen molar-refractivity contribution in [1.82, 2.24) is 5.48 Å². The largest absolute Gasteiger partial charge is 0.491 e. The first-order valence-corrected chi connectivity index (χ1v) is 6.96. The Morgan fingerprint density at radius 2 is 2.00 bits per heavy atom. The van der Waals surface area contributed by atoms with E-state index in [-0.39, 0.29) is 13.2 Å². The van der Waals surface area contributed by atoms with Crippen LogP contribution in [0, 0.1) is 0 Å². The van der Waals surface area contributed by atoms with E-state index in [9.17, 15) is 9.90 Å². The summed E-state index contributed by atoms with van der Waals surface area (Å²) in [6, 6.07) is 7.07. The predicted octanol–water partition coefficient (Wildman–Crippen LogP) is 1.49. The van der Waals surface area contributed by atoms with Gasteiger partial charge in [-0.05, 0) is 30.5 Å². The van der Waals surface area contributed by atoms with E-state index in [0.717, 1.165) is 5.56 Å². The van der Waals surface area contributed by atoms with Crippen LogP contribution in [0.4, 0.5) is 0 Å². The number of benzene rings is 1. The average molecular weight is 307 g/mol. The highest BCUT2D eigenvalue weighted by atomic mass is 16.5. The Bertz CT molecular complexity index is 496. The Hall–Kier alpha value is -2.15. The Labute approximate surface area is 129 Å². The van der Waals surface area contributed by atoms with Gasteiger partial charge in [-0.25, -0.2) is 5.48 Å². The fourth-order valence-corrected chi connectivity index (χ4v) is 1.73. The number of hydroxylamine groups is 1. The molecule has 0 aliphatic heterocycles. The van der Waals surface area contributed by atoms with Gasteiger partial charge in [-0.1, -0.05) is 30.4 Å². The molecule has 0 aliphatic rings. The van der Waals surface area contributed by atoms with Crippen LogP contribution in [0.15, 0.2) is 48.6 Å². The molecule has 22 heavy (non-hydrogen) atoms. The molecule has 0 spiro atoms. The highest BCUT2D eigenvalue weighted by Gasteiger charge is 2.06. The smallest absolute Gasteiger partial charge is 0.267 e. The summed E-state index contributed by atoms with van der Waals surface area (Å²) in [7, 11) is 0. The van der Waals surface area contributed by atoms with Crippen molar-refractivity contribution in [1.29, 1.82) is 0 Å². The van der Waals surface area contributed by atoms with Crippen molar-refractivity contribution >= 4 is 5.91 Å². The molecule has 0 fully saturated rings. The van der Waals surface area contributed by atoms with E-state index < -0.39 is 12.0 Å². The molecular weight excluding hydrogens is 286 g/mol. The zero-order valence-electron chi connectivity index (χ0n) is 12.2. The molecule has 0 aromatic heterocycles.